The molecule has 0 bridgehead atoms. The largest absolute Gasteiger partial charge is 0.480 e. The smallest absolute Gasteiger partial charge is 0.326 e. The van der Waals surface area contributed by atoms with Crippen molar-refractivity contribution in [1.29, 1.82) is 0 Å². The molecule has 128 valence electrons. The van der Waals surface area contributed by atoms with Gasteiger partial charge in [-0.15, -0.1) is 0 Å². The fourth-order valence-corrected chi connectivity index (χ4v) is 2.31. The Morgan fingerprint density at radius 2 is 1.96 bits per heavy atom. The Labute approximate surface area is 136 Å². The number of rotatable bonds is 7. The molecule has 0 aliphatic heterocycles. The van der Waals surface area contributed by atoms with Crippen LogP contribution in [0, 0.1) is 18.3 Å². The van der Waals surface area contributed by atoms with E-state index in [1.54, 1.807) is 39.8 Å². The molecule has 0 saturated carbocycles. The second kappa shape index (κ2) is 7.44. The number of pyridine rings is 1. The summed E-state index contributed by atoms with van der Waals surface area (Å²) in [6.45, 7) is 9.07. The standard InChI is InChI=1S/C17H26N2O4/c1-6-11(2)14(15(21)22)18-16(23)17(4,5)10-19-12(3)8-7-9-13(19)20/h7-9,11,14H,6,10H2,1-5H3,(H,18,23)(H,21,22). The normalized spacial score (nSPS) is 14.1. The molecule has 2 atom stereocenters. The molecule has 6 heteroatoms. The van der Waals surface area contributed by atoms with Crippen LogP contribution >= 0.6 is 0 Å². The lowest BCUT2D eigenvalue weighted by Gasteiger charge is -2.29. The van der Waals surface area contributed by atoms with Crippen molar-refractivity contribution in [1.82, 2.24) is 9.88 Å². The summed E-state index contributed by atoms with van der Waals surface area (Å²) in [5, 5.41) is 11.9. The number of hydrogen-bond donors (Lipinski definition) is 2. The molecule has 0 aliphatic rings. The summed E-state index contributed by atoms with van der Waals surface area (Å²) in [5.74, 6) is -1.59. The van der Waals surface area contributed by atoms with Crippen molar-refractivity contribution in [2.24, 2.45) is 11.3 Å². The minimum Gasteiger partial charge on any atom is -0.480 e. The van der Waals surface area contributed by atoms with E-state index in [0.29, 0.717) is 6.42 Å². The number of aliphatic carboxylic acids is 1. The predicted octanol–water partition coefficient (Wildman–Crippen LogP) is 1.80. The van der Waals surface area contributed by atoms with Crippen LogP contribution in [0.1, 0.15) is 39.8 Å². The van der Waals surface area contributed by atoms with Crippen LogP contribution in [0.4, 0.5) is 0 Å². The van der Waals surface area contributed by atoms with Gasteiger partial charge in [-0.3, -0.25) is 9.59 Å². The number of carbonyl (C=O) groups is 2. The fourth-order valence-electron chi connectivity index (χ4n) is 2.31. The van der Waals surface area contributed by atoms with Crippen molar-refractivity contribution in [2.75, 3.05) is 0 Å². The molecular weight excluding hydrogens is 296 g/mol. The van der Waals surface area contributed by atoms with Crippen molar-refractivity contribution in [3.8, 4) is 0 Å². The van der Waals surface area contributed by atoms with E-state index in [4.69, 9.17) is 0 Å². The zero-order valence-electron chi connectivity index (χ0n) is 14.4. The summed E-state index contributed by atoms with van der Waals surface area (Å²) < 4.78 is 1.53. The average molecular weight is 322 g/mol. The van der Waals surface area contributed by atoms with Gasteiger partial charge in [0, 0.05) is 18.3 Å². The van der Waals surface area contributed by atoms with Gasteiger partial charge in [0.1, 0.15) is 6.04 Å². The van der Waals surface area contributed by atoms with Crippen LogP contribution in [0.3, 0.4) is 0 Å². The molecule has 0 aliphatic carbocycles. The van der Waals surface area contributed by atoms with Crippen LogP contribution in [-0.4, -0.2) is 27.6 Å². The Hall–Kier alpha value is -2.11. The third-order valence-electron chi connectivity index (χ3n) is 4.20. The highest BCUT2D eigenvalue weighted by Gasteiger charge is 2.34. The molecule has 2 N–H and O–H groups in total. The maximum atomic E-state index is 12.5. The van der Waals surface area contributed by atoms with E-state index in [0.717, 1.165) is 5.69 Å². The van der Waals surface area contributed by atoms with Crippen molar-refractivity contribution >= 4 is 11.9 Å². The van der Waals surface area contributed by atoms with Crippen LogP contribution in [0.5, 0.6) is 0 Å². The molecule has 0 spiro atoms. The summed E-state index contributed by atoms with van der Waals surface area (Å²) in [6, 6.07) is 3.99. The van der Waals surface area contributed by atoms with Gasteiger partial charge in [0.25, 0.3) is 5.56 Å². The molecule has 1 amide bonds. The molecule has 6 nitrogen and oxygen atoms in total. The zero-order valence-corrected chi connectivity index (χ0v) is 14.4. The number of nitrogens with one attached hydrogen (secondary N) is 1. The van der Waals surface area contributed by atoms with Crippen molar-refractivity contribution < 1.29 is 14.7 Å². The Morgan fingerprint density at radius 1 is 1.35 bits per heavy atom. The minimum atomic E-state index is -1.04. The van der Waals surface area contributed by atoms with E-state index in [2.05, 4.69) is 5.32 Å². The number of hydrogen-bond acceptors (Lipinski definition) is 3. The van der Waals surface area contributed by atoms with E-state index in [9.17, 15) is 19.5 Å². The van der Waals surface area contributed by atoms with Gasteiger partial charge in [0.15, 0.2) is 0 Å². The lowest BCUT2D eigenvalue weighted by molar-refractivity contribution is -0.145. The highest BCUT2D eigenvalue weighted by molar-refractivity contribution is 5.87. The second-order valence-corrected chi connectivity index (χ2v) is 6.65. The molecule has 0 radical (unpaired) electrons. The number of carbonyl (C=O) groups excluding carboxylic acids is 1. The Bertz CT molecular complexity index is 634. The summed E-state index contributed by atoms with van der Waals surface area (Å²) in [6.07, 6.45) is 0.648. The fraction of sp³-hybridized carbons (Fsp3) is 0.588. The summed E-state index contributed by atoms with van der Waals surface area (Å²) in [4.78, 5) is 35.9. The lowest BCUT2D eigenvalue weighted by Crippen LogP contribution is -2.51. The lowest BCUT2D eigenvalue weighted by atomic mass is 9.90. The van der Waals surface area contributed by atoms with E-state index in [1.807, 2.05) is 6.92 Å². The summed E-state index contributed by atoms with van der Waals surface area (Å²) in [7, 11) is 0. The molecule has 1 heterocycles. The third kappa shape index (κ3) is 4.68. The van der Waals surface area contributed by atoms with Crippen LogP contribution < -0.4 is 10.9 Å². The Balaban J connectivity index is 2.97. The summed E-state index contributed by atoms with van der Waals surface area (Å²) >= 11 is 0. The molecule has 23 heavy (non-hydrogen) atoms. The Kier molecular flexibility index (Phi) is 6.12. The van der Waals surface area contributed by atoms with Gasteiger partial charge < -0.3 is 15.0 Å². The zero-order chi connectivity index (χ0) is 17.8. The van der Waals surface area contributed by atoms with E-state index in [-0.39, 0.29) is 23.9 Å². The molecule has 1 rings (SSSR count). The second-order valence-electron chi connectivity index (χ2n) is 6.65. The number of nitrogens with zero attached hydrogens (tertiary/aromatic N) is 1. The first kappa shape index (κ1) is 18.9. The number of aromatic nitrogens is 1. The van der Waals surface area contributed by atoms with Crippen LogP contribution in [0.25, 0.3) is 0 Å². The summed E-state index contributed by atoms with van der Waals surface area (Å²) in [5.41, 5.74) is -0.324. The van der Waals surface area contributed by atoms with Crippen molar-refractivity contribution in [3.05, 3.63) is 34.2 Å². The van der Waals surface area contributed by atoms with Gasteiger partial charge >= 0.3 is 5.97 Å². The Morgan fingerprint density at radius 3 is 2.43 bits per heavy atom. The molecule has 0 aromatic carbocycles. The monoisotopic (exact) mass is 322 g/mol. The number of carboxylic acid groups (broad SMARTS) is 1. The first-order chi connectivity index (χ1) is 10.6. The SMILES string of the molecule is CCC(C)C(NC(=O)C(C)(C)Cn1c(C)cccc1=O)C(=O)O. The number of carboxylic acids is 1. The highest BCUT2D eigenvalue weighted by Crippen LogP contribution is 2.20. The topological polar surface area (TPSA) is 88.4 Å². The van der Waals surface area contributed by atoms with E-state index >= 15 is 0 Å². The van der Waals surface area contributed by atoms with Gasteiger partial charge in [-0.1, -0.05) is 26.3 Å². The van der Waals surface area contributed by atoms with Crippen LogP contribution in [0.15, 0.2) is 23.0 Å². The molecule has 1 aromatic rings. The van der Waals surface area contributed by atoms with Gasteiger partial charge in [0.05, 0.1) is 5.41 Å². The van der Waals surface area contributed by atoms with E-state index < -0.39 is 17.4 Å². The third-order valence-corrected chi connectivity index (χ3v) is 4.20. The van der Waals surface area contributed by atoms with Crippen molar-refractivity contribution in [2.45, 2.75) is 53.6 Å². The molecular formula is C17H26N2O4. The number of amides is 1. The molecule has 1 aromatic heterocycles. The highest BCUT2D eigenvalue weighted by atomic mass is 16.4. The van der Waals surface area contributed by atoms with Gasteiger partial charge in [0.2, 0.25) is 5.91 Å². The molecule has 0 fully saturated rings. The van der Waals surface area contributed by atoms with Gasteiger partial charge in [-0.05, 0) is 32.8 Å². The van der Waals surface area contributed by atoms with E-state index in [1.165, 1.54) is 10.6 Å². The van der Waals surface area contributed by atoms with Crippen LogP contribution in [0.2, 0.25) is 0 Å². The number of aryl methyl sites for hydroxylation is 1. The predicted molar refractivity (Wildman–Crippen MR) is 88.2 cm³/mol. The van der Waals surface area contributed by atoms with Gasteiger partial charge in [-0.2, -0.15) is 0 Å². The molecule has 0 saturated heterocycles. The maximum absolute atomic E-state index is 12.5. The van der Waals surface area contributed by atoms with Crippen LogP contribution in [-0.2, 0) is 16.1 Å². The first-order valence-corrected chi connectivity index (χ1v) is 7.80. The molecule has 2 unspecified atom stereocenters. The average Bonchev–Trinajstić information content (AvgIpc) is 2.47. The first-order valence-electron chi connectivity index (χ1n) is 7.80. The minimum absolute atomic E-state index is 0.173. The quantitative estimate of drug-likeness (QED) is 0.801. The van der Waals surface area contributed by atoms with Crippen molar-refractivity contribution in [3.63, 3.8) is 0 Å². The van der Waals surface area contributed by atoms with Gasteiger partial charge in [-0.25, -0.2) is 4.79 Å². The maximum Gasteiger partial charge on any atom is 0.326 e.